The van der Waals surface area contributed by atoms with Crippen LogP contribution in [-0.4, -0.2) is 0 Å². The molecule has 0 radical (unpaired) electrons. The summed E-state index contributed by atoms with van der Waals surface area (Å²) in [4.78, 5) is 0. The van der Waals surface area contributed by atoms with Gasteiger partial charge >= 0.3 is 0 Å². The molecular weight excluding hydrogens is 240 g/mol. The minimum absolute atomic E-state index is 0.739. The van der Waals surface area contributed by atoms with Crippen molar-refractivity contribution in [3.63, 3.8) is 0 Å². The van der Waals surface area contributed by atoms with Gasteiger partial charge < -0.3 is 0 Å². The second-order valence-electron chi connectivity index (χ2n) is 6.76. The first-order valence-corrected chi connectivity index (χ1v) is 8.18. The summed E-state index contributed by atoms with van der Waals surface area (Å²) in [6.45, 7) is 0. The van der Waals surface area contributed by atoms with Gasteiger partial charge in [-0.15, -0.1) is 0 Å². The number of hydrogen-bond acceptors (Lipinski definition) is 0. The first-order chi connectivity index (χ1) is 9.93. The average molecular weight is 260 g/mol. The van der Waals surface area contributed by atoms with Gasteiger partial charge in [-0.3, -0.25) is 0 Å². The average Bonchev–Trinajstić information content (AvgIpc) is 2.52. The van der Waals surface area contributed by atoms with Crippen LogP contribution in [0.15, 0.2) is 42.0 Å². The van der Waals surface area contributed by atoms with Gasteiger partial charge in [-0.1, -0.05) is 48.4 Å². The van der Waals surface area contributed by atoms with Crippen molar-refractivity contribution < 1.29 is 0 Å². The monoisotopic (exact) mass is 260 g/mol. The molecule has 0 bridgehead atoms. The summed E-state index contributed by atoms with van der Waals surface area (Å²) in [5.74, 6) is 1.63. The van der Waals surface area contributed by atoms with Crippen LogP contribution in [0.1, 0.15) is 55.6 Å². The second-order valence-corrected chi connectivity index (χ2v) is 6.76. The van der Waals surface area contributed by atoms with Crippen molar-refractivity contribution in [3.8, 4) is 0 Å². The highest BCUT2D eigenvalue weighted by Crippen LogP contribution is 2.55. The third-order valence-electron chi connectivity index (χ3n) is 5.83. The van der Waals surface area contributed by atoms with Gasteiger partial charge in [0.1, 0.15) is 0 Å². The maximum Gasteiger partial charge on any atom is 0.00633 e. The van der Waals surface area contributed by atoms with Gasteiger partial charge in [0.15, 0.2) is 0 Å². The van der Waals surface area contributed by atoms with Gasteiger partial charge in [0.05, 0.1) is 0 Å². The molecule has 1 saturated carbocycles. The van der Waals surface area contributed by atoms with E-state index in [1.54, 1.807) is 22.1 Å². The second kappa shape index (κ2) is 3.97. The first-order valence-electron chi connectivity index (χ1n) is 8.18. The zero-order valence-corrected chi connectivity index (χ0v) is 11.9. The van der Waals surface area contributed by atoms with Crippen LogP contribution in [0.2, 0.25) is 0 Å². The molecule has 2 aromatic carbocycles. The van der Waals surface area contributed by atoms with Crippen molar-refractivity contribution in [3.05, 3.63) is 53.1 Å². The summed E-state index contributed by atoms with van der Waals surface area (Å²) in [7, 11) is 0. The van der Waals surface area contributed by atoms with Crippen LogP contribution >= 0.6 is 0 Å². The molecular formula is C20H20. The van der Waals surface area contributed by atoms with E-state index in [4.69, 9.17) is 0 Å². The summed E-state index contributed by atoms with van der Waals surface area (Å²) in [5.41, 5.74) is 6.77. The number of benzene rings is 2. The van der Waals surface area contributed by atoms with E-state index >= 15 is 0 Å². The zero-order chi connectivity index (χ0) is 13.1. The van der Waals surface area contributed by atoms with E-state index in [1.807, 2.05) is 5.57 Å². The first kappa shape index (κ1) is 11.1. The SMILES string of the molecule is c1cc2c3c(cccc3c1)C1CCCC3CCCC2=C31. The minimum Gasteiger partial charge on any atom is -0.0613 e. The molecule has 100 valence electrons. The van der Waals surface area contributed by atoms with Crippen molar-refractivity contribution in [1.29, 1.82) is 0 Å². The van der Waals surface area contributed by atoms with E-state index in [2.05, 4.69) is 36.4 Å². The molecule has 0 saturated heterocycles. The van der Waals surface area contributed by atoms with Gasteiger partial charge in [0, 0.05) is 5.92 Å². The van der Waals surface area contributed by atoms with Crippen LogP contribution in [0.3, 0.4) is 0 Å². The van der Waals surface area contributed by atoms with Gasteiger partial charge in [-0.25, -0.2) is 0 Å². The summed E-state index contributed by atoms with van der Waals surface area (Å²) in [5, 5.41) is 3.01. The summed E-state index contributed by atoms with van der Waals surface area (Å²) in [6, 6.07) is 13.9. The highest BCUT2D eigenvalue weighted by molar-refractivity contribution is 6.00. The molecule has 0 aromatic heterocycles. The largest absolute Gasteiger partial charge is 0.0613 e. The Morgan fingerprint density at radius 2 is 1.70 bits per heavy atom. The highest BCUT2D eigenvalue weighted by atomic mass is 14.4. The molecule has 0 heterocycles. The van der Waals surface area contributed by atoms with Crippen LogP contribution in [-0.2, 0) is 0 Å². The lowest BCUT2D eigenvalue weighted by atomic mass is 9.63. The lowest BCUT2D eigenvalue weighted by Gasteiger charge is -2.42. The molecule has 1 fully saturated rings. The Morgan fingerprint density at radius 3 is 2.65 bits per heavy atom. The molecule has 2 unspecified atom stereocenters. The molecule has 20 heavy (non-hydrogen) atoms. The zero-order valence-electron chi connectivity index (χ0n) is 11.9. The van der Waals surface area contributed by atoms with E-state index in [0.29, 0.717) is 0 Å². The Balaban J connectivity index is 1.91. The number of allylic oxidation sites excluding steroid dienone is 2. The van der Waals surface area contributed by atoms with Crippen LogP contribution < -0.4 is 0 Å². The van der Waals surface area contributed by atoms with Crippen LogP contribution in [0.5, 0.6) is 0 Å². The topological polar surface area (TPSA) is 0 Å². The number of rotatable bonds is 0. The molecule has 3 aliphatic carbocycles. The van der Waals surface area contributed by atoms with E-state index in [9.17, 15) is 0 Å². The van der Waals surface area contributed by atoms with Crippen molar-refractivity contribution in [2.75, 3.05) is 0 Å². The van der Waals surface area contributed by atoms with Gasteiger partial charge in [-0.05, 0) is 65.5 Å². The fraction of sp³-hybridized carbons (Fsp3) is 0.400. The molecule has 5 rings (SSSR count). The van der Waals surface area contributed by atoms with Crippen LogP contribution in [0.25, 0.3) is 16.3 Å². The fourth-order valence-electron chi connectivity index (χ4n) is 5.12. The van der Waals surface area contributed by atoms with Crippen LogP contribution in [0, 0.1) is 5.92 Å². The summed E-state index contributed by atoms with van der Waals surface area (Å²) >= 11 is 0. The Kier molecular flexibility index (Phi) is 2.21. The van der Waals surface area contributed by atoms with Crippen molar-refractivity contribution in [1.82, 2.24) is 0 Å². The standard InChI is InChI=1S/C20H20/c1-5-13-6-2-11-17-18-12-4-8-14-7-3-10-16(20(14)18)15(9-1)19(13)17/h1-2,5-6,9,11,14,16H,3-4,7-8,10,12H2. The van der Waals surface area contributed by atoms with Crippen molar-refractivity contribution in [2.24, 2.45) is 5.92 Å². The number of hydrogen-bond donors (Lipinski definition) is 0. The van der Waals surface area contributed by atoms with E-state index in [0.717, 1.165) is 11.8 Å². The Bertz CT molecular complexity index is 730. The normalized spacial score (nSPS) is 27.6. The highest BCUT2D eigenvalue weighted by Gasteiger charge is 2.37. The van der Waals surface area contributed by atoms with Gasteiger partial charge in [0.2, 0.25) is 0 Å². The molecule has 0 heteroatoms. The smallest absolute Gasteiger partial charge is 0.00633 e. The van der Waals surface area contributed by atoms with Crippen LogP contribution in [0.4, 0.5) is 0 Å². The molecule has 0 spiro atoms. The molecule has 0 aliphatic heterocycles. The molecule has 2 atom stereocenters. The molecule has 3 aliphatic rings. The van der Waals surface area contributed by atoms with E-state index in [-0.39, 0.29) is 0 Å². The molecule has 0 amide bonds. The van der Waals surface area contributed by atoms with Gasteiger partial charge in [0.25, 0.3) is 0 Å². The maximum absolute atomic E-state index is 2.40. The van der Waals surface area contributed by atoms with Crippen molar-refractivity contribution in [2.45, 2.75) is 44.4 Å². The molecule has 0 nitrogen and oxygen atoms in total. The fourth-order valence-corrected chi connectivity index (χ4v) is 5.12. The quantitative estimate of drug-likeness (QED) is 0.572. The third kappa shape index (κ3) is 1.32. The lowest BCUT2D eigenvalue weighted by molar-refractivity contribution is 0.380. The lowest BCUT2D eigenvalue weighted by Crippen LogP contribution is -2.25. The Morgan fingerprint density at radius 1 is 0.850 bits per heavy atom. The van der Waals surface area contributed by atoms with E-state index < -0.39 is 0 Å². The predicted octanol–water partition coefficient (Wildman–Crippen LogP) is 5.67. The Hall–Kier alpha value is -1.56. The van der Waals surface area contributed by atoms with Gasteiger partial charge in [-0.2, -0.15) is 0 Å². The maximum atomic E-state index is 2.40. The third-order valence-corrected chi connectivity index (χ3v) is 5.83. The number of fused-ring (bicyclic) bond motifs is 2. The molecule has 0 N–H and O–H groups in total. The Labute approximate surface area is 120 Å². The summed E-state index contributed by atoms with van der Waals surface area (Å²) < 4.78 is 0. The predicted molar refractivity (Wildman–Crippen MR) is 84.8 cm³/mol. The van der Waals surface area contributed by atoms with E-state index in [1.165, 1.54) is 43.9 Å². The summed E-state index contributed by atoms with van der Waals surface area (Å²) in [6.07, 6.45) is 8.39. The minimum atomic E-state index is 0.739. The molecule has 2 aromatic rings. The van der Waals surface area contributed by atoms with Crippen molar-refractivity contribution >= 4 is 16.3 Å².